The maximum absolute atomic E-state index is 12.6. The number of amides is 1. The van der Waals surface area contributed by atoms with Crippen LogP contribution in [0.3, 0.4) is 0 Å². The highest BCUT2D eigenvalue weighted by Gasteiger charge is 2.27. The molecule has 0 aromatic heterocycles. The fourth-order valence-corrected chi connectivity index (χ4v) is 3.19. The fourth-order valence-electron chi connectivity index (χ4n) is 3.19. The van der Waals surface area contributed by atoms with Crippen LogP contribution in [0, 0.1) is 0 Å². The minimum absolute atomic E-state index is 0. The van der Waals surface area contributed by atoms with Crippen molar-refractivity contribution >= 4 is 18.3 Å². The summed E-state index contributed by atoms with van der Waals surface area (Å²) in [5, 5.41) is 3.20. The molecule has 2 atom stereocenters. The van der Waals surface area contributed by atoms with Crippen LogP contribution in [-0.2, 0) is 9.53 Å². The number of hydrogen-bond acceptors (Lipinski definition) is 4. The molecule has 2 aromatic rings. The molecule has 1 saturated heterocycles. The molecule has 146 valence electrons. The van der Waals surface area contributed by atoms with Crippen molar-refractivity contribution < 1.29 is 14.3 Å². The minimum Gasteiger partial charge on any atom is -0.496 e. The van der Waals surface area contributed by atoms with Gasteiger partial charge in [0.15, 0.2) is 0 Å². The molecule has 2 unspecified atom stereocenters. The molecule has 2 aromatic carbocycles. The zero-order valence-electron chi connectivity index (χ0n) is 16.0. The highest BCUT2D eigenvalue weighted by atomic mass is 35.5. The highest BCUT2D eigenvalue weighted by Crippen LogP contribution is 2.31. The van der Waals surface area contributed by atoms with Gasteiger partial charge in [0, 0.05) is 25.7 Å². The van der Waals surface area contributed by atoms with Crippen molar-refractivity contribution in [2.24, 2.45) is 0 Å². The molecule has 0 aliphatic carbocycles. The van der Waals surface area contributed by atoms with Gasteiger partial charge in [-0.25, -0.2) is 0 Å². The summed E-state index contributed by atoms with van der Waals surface area (Å²) in [7, 11) is 3.51. The first-order valence-electron chi connectivity index (χ1n) is 8.94. The summed E-state index contributed by atoms with van der Waals surface area (Å²) in [5.41, 5.74) is 3.23. The van der Waals surface area contributed by atoms with Crippen molar-refractivity contribution in [2.45, 2.75) is 19.1 Å². The lowest BCUT2D eigenvalue weighted by atomic mass is 10.00. The normalized spacial score (nSPS) is 17.5. The zero-order valence-corrected chi connectivity index (χ0v) is 16.8. The van der Waals surface area contributed by atoms with E-state index in [4.69, 9.17) is 9.47 Å². The number of halogens is 1. The molecule has 1 amide bonds. The first kappa shape index (κ1) is 21.2. The second kappa shape index (κ2) is 9.74. The summed E-state index contributed by atoms with van der Waals surface area (Å²) in [6.45, 7) is 3.98. The molecule has 1 N–H and O–H groups in total. The summed E-state index contributed by atoms with van der Waals surface area (Å²) >= 11 is 0. The van der Waals surface area contributed by atoms with E-state index in [1.165, 1.54) is 0 Å². The Labute approximate surface area is 167 Å². The molecule has 6 heteroatoms. The second-order valence-electron chi connectivity index (χ2n) is 6.51. The SMILES string of the molecule is COc1ccccc1-c1ccc(C(C)N(C)C(=O)C2CNCCO2)cc1.Cl. The molecule has 0 radical (unpaired) electrons. The number of methoxy groups -OCH3 is 1. The number of carbonyl (C=O) groups excluding carboxylic acids is 1. The van der Waals surface area contributed by atoms with Crippen LogP contribution in [0.2, 0.25) is 0 Å². The molecule has 27 heavy (non-hydrogen) atoms. The van der Waals surface area contributed by atoms with Gasteiger partial charge in [-0.1, -0.05) is 42.5 Å². The first-order chi connectivity index (χ1) is 12.6. The number of rotatable bonds is 5. The lowest BCUT2D eigenvalue weighted by Gasteiger charge is -2.31. The maximum atomic E-state index is 12.6. The van der Waals surface area contributed by atoms with E-state index < -0.39 is 6.10 Å². The van der Waals surface area contributed by atoms with Gasteiger partial charge in [-0.05, 0) is 24.1 Å². The highest BCUT2D eigenvalue weighted by molar-refractivity contribution is 5.85. The Morgan fingerprint density at radius 3 is 2.56 bits per heavy atom. The summed E-state index contributed by atoms with van der Waals surface area (Å²) in [6, 6.07) is 16.2. The minimum atomic E-state index is -0.399. The average molecular weight is 391 g/mol. The topological polar surface area (TPSA) is 50.8 Å². The Bertz CT molecular complexity index is 745. The lowest BCUT2D eigenvalue weighted by molar-refractivity contribution is -0.145. The third kappa shape index (κ3) is 4.80. The van der Waals surface area contributed by atoms with Crippen LogP contribution < -0.4 is 10.1 Å². The van der Waals surface area contributed by atoms with Gasteiger partial charge in [0.2, 0.25) is 0 Å². The summed E-state index contributed by atoms with van der Waals surface area (Å²) in [6.07, 6.45) is -0.399. The van der Waals surface area contributed by atoms with Gasteiger partial charge in [-0.2, -0.15) is 0 Å². The van der Waals surface area contributed by atoms with Crippen molar-refractivity contribution in [3.8, 4) is 16.9 Å². The van der Waals surface area contributed by atoms with Gasteiger partial charge >= 0.3 is 0 Å². The van der Waals surface area contributed by atoms with Gasteiger partial charge in [0.25, 0.3) is 5.91 Å². The van der Waals surface area contributed by atoms with Crippen LogP contribution in [0.4, 0.5) is 0 Å². The van der Waals surface area contributed by atoms with E-state index in [1.807, 2.05) is 38.2 Å². The molecule has 5 nitrogen and oxygen atoms in total. The molecule has 1 heterocycles. The number of morpholine rings is 1. The van der Waals surface area contributed by atoms with Crippen molar-refractivity contribution in [3.05, 3.63) is 54.1 Å². The van der Waals surface area contributed by atoms with Gasteiger partial charge < -0.3 is 19.7 Å². The van der Waals surface area contributed by atoms with E-state index in [0.717, 1.165) is 29.0 Å². The quantitative estimate of drug-likeness (QED) is 0.851. The predicted molar refractivity (Wildman–Crippen MR) is 109 cm³/mol. The van der Waals surface area contributed by atoms with E-state index in [1.54, 1.807) is 12.0 Å². The number of ether oxygens (including phenoxy) is 2. The van der Waals surface area contributed by atoms with Gasteiger partial charge in [-0.15, -0.1) is 12.4 Å². The monoisotopic (exact) mass is 390 g/mol. The number of nitrogens with zero attached hydrogens (tertiary/aromatic N) is 1. The standard InChI is InChI=1S/C21H26N2O3.ClH/c1-15(23(2)21(24)20-14-22-12-13-26-20)16-8-10-17(11-9-16)18-6-4-5-7-19(18)25-3;/h4-11,15,20,22H,12-14H2,1-3H3;1H. The molecular formula is C21H27ClN2O3. The van der Waals surface area contributed by atoms with Gasteiger partial charge in [0.05, 0.1) is 19.8 Å². The number of para-hydroxylation sites is 1. The largest absolute Gasteiger partial charge is 0.496 e. The predicted octanol–water partition coefficient (Wildman–Crippen LogP) is 3.29. The molecule has 1 aliphatic rings. The third-order valence-electron chi connectivity index (χ3n) is 4.94. The molecule has 1 fully saturated rings. The zero-order chi connectivity index (χ0) is 18.5. The molecule has 1 aliphatic heterocycles. The molecule has 0 bridgehead atoms. The van der Waals surface area contributed by atoms with E-state index in [-0.39, 0.29) is 24.4 Å². The lowest BCUT2D eigenvalue weighted by Crippen LogP contribution is -2.48. The third-order valence-corrected chi connectivity index (χ3v) is 4.94. The molecular weight excluding hydrogens is 364 g/mol. The Morgan fingerprint density at radius 2 is 1.93 bits per heavy atom. The summed E-state index contributed by atoms with van der Waals surface area (Å²) in [5.74, 6) is 0.862. The number of nitrogens with one attached hydrogen (secondary N) is 1. The van der Waals surface area contributed by atoms with Crippen molar-refractivity contribution in [2.75, 3.05) is 33.9 Å². The fraction of sp³-hybridized carbons (Fsp3) is 0.381. The summed E-state index contributed by atoms with van der Waals surface area (Å²) in [4.78, 5) is 14.4. The number of carbonyl (C=O) groups is 1. The number of hydrogen-bond donors (Lipinski definition) is 1. The van der Waals surface area contributed by atoms with Crippen LogP contribution in [0.25, 0.3) is 11.1 Å². The Kier molecular flexibility index (Phi) is 7.66. The molecule has 3 rings (SSSR count). The van der Waals surface area contributed by atoms with Gasteiger partial charge in [-0.3, -0.25) is 4.79 Å². The Balaban J connectivity index is 0.00000261. The van der Waals surface area contributed by atoms with Crippen LogP contribution in [0.5, 0.6) is 5.75 Å². The average Bonchev–Trinajstić information content (AvgIpc) is 2.73. The summed E-state index contributed by atoms with van der Waals surface area (Å²) < 4.78 is 11.0. The molecule has 0 spiro atoms. The van der Waals surface area contributed by atoms with E-state index in [0.29, 0.717) is 13.2 Å². The van der Waals surface area contributed by atoms with E-state index in [2.05, 4.69) is 29.6 Å². The van der Waals surface area contributed by atoms with Gasteiger partial charge in [0.1, 0.15) is 11.9 Å². The number of benzene rings is 2. The molecule has 0 saturated carbocycles. The van der Waals surface area contributed by atoms with Crippen molar-refractivity contribution in [1.82, 2.24) is 10.2 Å². The maximum Gasteiger partial charge on any atom is 0.253 e. The first-order valence-corrected chi connectivity index (χ1v) is 8.94. The van der Waals surface area contributed by atoms with Crippen LogP contribution in [-0.4, -0.2) is 50.8 Å². The Morgan fingerprint density at radius 1 is 1.22 bits per heavy atom. The van der Waals surface area contributed by atoms with Crippen molar-refractivity contribution in [3.63, 3.8) is 0 Å². The van der Waals surface area contributed by atoms with Crippen molar-refractivity contribution in [1.29, 1.82) is 0 Å². The van der Waals surface area contributed by atoms with Crippen LogP contribution in [0.1, 0.15) is 18.5 Å². The number of likely N-dealkylation sites (N-methyl/N-ethyl adjacent to an activating group) is 1. The van der Waals surface area contributed by atoms with Crippen LogP contribution >= 0.6 is 12.4 Å². The second-order valence-corrected chi connectivity index (χ2v) is 6.51. The smallest absolute Gasteiger partial charge is 0.253 e. The Hall–Kier alpha value is -2.08. The van der Waals surface area contributed by atoms with Crippen LogP contribution in [0.15, 0.2) is 48.5 Å². The van der Waals surface area contributed by atoms with E-state index in [9.17, 15) is 4.79 Å². The van der Waals surface area contributed by atoms with E-state index >= 15 is 0 Å².